The summed E-state index contributed by atoms with van der Waals surface area (Å²) in [7, 11) is 0. The molecule has 1 saturated carbocycles. The highest BCUT2D eigenvalue weighted by Gasteiger charge is 2.23. The molecule has 5 rings (SSSR count). The molecule has 4 aromatic rings. The van der Waals surface area contributed by atoms with E-state index in [1.165, 1.54) is 18.9 Å². The topological polar surface area (TPSA) is 81.7 Å². The van der Waals surface area contributed by atoms with Gasteiger partial charge in [-0.3, -0.25) is 0 Å². The maximum atomic E-state index is 13.7. The average molecular weight is 423 g/mol. The number of hydrogen-bond donors (Lipinski definition) is 2. The highest BCUT2D eigenvalue weighted by Crippen LogP contribution is 2.34. The number of rotatable bonds is 6. The first-order valence-corrected chi connectivity index (χ1v) is 10.2. The second kappa shape index (κ2) is 7.57. The van der Waals surface area contributed by atoms with E-state index in [0.29, 0.717) is 46.5 Å². The molecule has 0 amide bonds. The quantitative estimate of drug-likeness (QED) is 0.469. The summed E-state index contributed by atoms with van der Waals surface area (Å²) in [5.74, 6) is 1.12. The minimum Gasteiger partial charge on any atom is -0.383 e. The Hall–Kier alpha value is -3.19. The van der Waals surface area contributed by atoms with E-state index < -0.39 is 5.82 Å². The van der Waals surface area contributed by atoms with Crippen LogP contribution < -0.4 is 11.1 Å². The molecule has 2 aromatic carbocycles. The van der Waals surface area contributed by atoms with Crippen molar-refractivity contribution in [3.8, 4) is 11.3 Å². The average Bonchev–Trinajstić information content (AvgIpc) is 3.53. The Morgan fingerprint density at radius 2 is 1.93 bits per heavy atom. The molecule has 3 N–H and O–H groups in total. The first-order chi connectivity index (χ1) is 14.6. The second-order valence-electron chi connectivity index (χ2n) is 7.58. The van der Waals surface area contributed by atoms with Crippen LogP contribution in [0, 0.1) is 11.7 Å². The number of nitrogens with one attached hydrogen (secondary N) is 1. The van der Waals surface area contributed by atoms with E-state index in [-0.39, 0.29) is 5.02 Å². The van der Waals surface area contributed by atoms with Gasteiger partial charge in [0.05, 0.1) is 22.6 Å². The lowest BCUT2D eigenvalue weighted by Gasteiger charge is -2.09. The van der Waals surface area contributed by atoms with E-state index in [4.69, 9.17) is 17.3 Å². The van der Waals surface area contributed by atoms with E-state index in [2.05, 4.69) is 20.4 Å². The van der Waals surface area contributed by atoms with Crippen LogP contribution in [0.1, 0.15) is 18.4 Å². The molecule has 0 saturated heterocycles. The second-order valence-corrected chi connectivity index (χ2v) is 7.98. The van der Waals surface area contributed by atoms with Crippen LogP contribution in [0.3, 0.4) is 0 Å². The van der Waals surface area contributed by atoms with Crippen molar-refractivity contribution in [3.63, 3.8) is 0 Å². The lowest BCUT2D eigenvalue weighted by Crippen LogP contribution is -2.07. The molecule has 2 aromatic heterocycles. The van der Waals surface area contributed by atoms with Gasteiger partial charge in [-0.2, -0.15) is 4.98 Å². The van der Waals surface area contributed by atoms with Gasteiger partial charge in [0.15, 0.2) is 5.65 Å². The summed E-state index contributed by atoms with van der Waals surface area (Å²) in [6.45, 7) is 1.33. The molecule has 0 radical (unpaired) electrons. The van der Waals surface area contributed by atoms with Gasteiger partial charge in [-0.15, -0.1) is 5.10 Å². The summed E-state index contributed by atoms with van der Waals surface area (Å²) in [4.78, 5) is 9.27. The van der Waals surface area contributed by atoms with Gasteiger partial charge in [-0.25, -0.2) is 14.1 Å². The predicted octanol–water partition coefficient (Wildman–Crippen LogP) is 4.74. The smallest absolute Gasteiger partial charge is 0.225 e. The van der Waals surface area contributed by atoms with Crippen LogP contribution >= 0.6 is 11.6 Å². The minimum atomic E-state index is -0.481. The molecule has 0 spiro atoms. The number of nitrogens with two attached hydrogens (primary N) is 1. The SMILES string of the molecule is Nc1c2c(-c3ccc(F)c(Cl)c3)nc(NCC3CC3)nc2nn1Cc1ccccc1. The van der Waals surface area contributed by atoms with Crippen molar-refractivity contribution in [1.82, 2.24) is 19.7 Å². The van der Waals surface area contributed by atoms with Crippen LogP contribution in [0.15, 0.2) is 48.5 Å². The van der Waals surface area contributed by atoms with Gasteiger partial charge in [0, 0.05) is 12.1 Å². The third-order valence-corrected chi connectivity index (χ3v) is 5.54. The maximum absolute atomic E-state index is 13.7. The molecule has 1 aliphatic carbocycles. The van der Waals surface area contributed by atoms with Crippen molar-refractivity contribution in [2.24, 2.45) is 5.92 Å². The Balaban J connectivity index is 1.63. The Bertz CT molecular complexity index is 1220. The largest absolute Gasteiger partial charge is 0.383 e. The number of halogens is 2. The molecule has 8 heteroatoms. The van der Waals surface area contributed by atoms with Crippen LogP contribution in [0.4, 0.5) is 16.2 Å². The number of hydrogen-bond acceptors (Lipinski definition) is 5. The van der Waals surface area contributed by atoms with Crippen LogP contribution in [0.5, 0.6) is 0 Å². The van der Waals surface area contributed by atoms with Crippen molar-refractivity contribution >= 4 is 34.4 Å². The Morgan fingerprint density at radius 1 is 1.13 bits per heavy atom. The molecule has 30 heavy (non-hydrogen) atoms. The van der Waals surface area contributed by atoms with Crippen LogP contribution in [0.2, 0.25) is 5.02 Å². The molecule has 152 valence electrons. The molecule has 1 aliphatic rings. The summed E-state index contributed by atoms with van der Waals surface area (Å²) in [5.41, 5.74) is 9.28. The van der Waals surface area contributed by atoms with Crippen LogP contribution in [-0.4, -0.2) is 26.3 Å². The van der Waals surface area contributed by atoms with Crippen molar-refractivity contribution in [2.45, 2.75) is 19.4 Å². The molecule has 0 bridgehead atoms. The number of benzene rings is 2. The molecule has 6 nitrogen and oxygen atoms in total. The van der Waals surface area contributed by atoms with E-state index in [1.807, 2.05) is 30.3 Å². The molecule has 0 aliphatic heterocycles. The van der Waals surface area contributed by atoms with Gasteiger partial charge in [0.2, 0.25) is 5.95 Å². The monoisotopic (exact) mass is 422 g/mol. The van der Waals surface area contributed by atoms with Gasteiger partial charge < -0.3 is 11.1 Å². The summed E-state index contributed by atoms with van der Waals surface area (Å²) in [6.07, 6.45) is 2.43. The fourth-order valence-electron chi connectivity index (χ4n) is 3.42. The highest BCUT2D eigenvalue weighted by atomic mass is 35.5. The Labute approximate surface area is 177 Å². The highest BCUT2D eigenvalue weighted by molar-refractivity contribution is 6.31. The maximum Gasteiger partial charge on any atom is 0.225 e. The van der Waals surface area contributed by atoms with E-state index in [1.54, 1.807) is 16.8 Å². The lowest BCUT2D eigenvalue weighted by molar-refractivity contribution is 0.628. The first kappa shape index (κ1) is 18.8. The number of fused-ring (bicyclic) bond motifs is 1. The van der Waals surface area contributed by atoms with Gasteiger partial charge in [-0.1, -0.05) is 41.9 Å². The third-order valence-electron chi connectivity index (χ3n) is 5.25. The fourth-order valence-corrected chi connectivity index (χ4v) is 3.60. The van der Waals surface area contributed by atoms with Gasteiger partial charge in [0.1, 0.15) is 11.6 Å². The van der Waals surface area contributed by atoms with Gasteiger partial charge in [0.25, 0.3) is 0 Å². The number of nitrogens with zero attached hydrogens (tertiary/aromatic N) is 4. The molecular formula is C22H20ClFN6. The van der Waals surface area contributed by atoms with E-state index in [0.717, 1.165) is 12.1 Å². The van der Waals surface area contributed by atoms with Crippen molar-refractivity contribution < 1.29 is 4.39 Å². The third kappa shape index (κ3) is 3.68. The molecular weight excluding hydrogens is 403 g/mol. The van der Waals surface area contributed by atoms with Crippen molar-refractivity contribution in [1.29, 1.82) is 0 Å². The molecule has 2 heterocycles. The lowest BCUT2D eigenvalue weighted by atomic mass is 10.1. The normalized spacial score (nSPS) is 13.7. The number of anilines is 2. The van der Waals surface area contributed by atoms with Gasteiger partial charge in [-0.05, 0) is 42.5 Å². The molecule has 0 unspecified atom stereocenters. The fraction of sp³-hybridized carbons (Fsp3) is 0.227. The zero-order chi connectivity index (χ0) is 20.7. The zero-order valence-corrected chi connectivity index (χ0v) is 16.9. The standard InChI is InChI=1S/C22H20ClFN6/c23-16-10-15(8-9-17(16)24)19-18-20(25)30(12-14-4-2-1-3-5-14)29-21(18)28-22(27-19)26-11-13-6-7-13/h1-5,8-10,13H,6-7,11-12,25H2,(H,26,28,29). The number of nitrogen functional groups attached to an aromatic ring is 1. The summed E-state index contributed by atoms with van der Waals surface area (Å²) in [6, 6.07) is 14.5. The van der Waals surface area contributed by atoms with Gasteiger partial charge >= 0.3 is 0 Å². The Morgan fingerprint density at radius 3 is 2.67 bits per heavy atom. The number of aromatic nitrogens is 4. The molecule has 1 fully saturated rings. The Kier molecular flexibility index (Phi) is 4.75. The van der Waals surface area contributed by atoms with Crippen molar-refractivity contribution in [2.75, 3.05) is 17.6 Å². The first-order valence-electron chi connectivity index (χ1n) is 9.86. The van der Waals surface area contributed by atoms with Crippen LogP contribution in [0.25, 0.3) is 22.3 Å². The van der Waals surface area contributed by atoms with Crippen LogP contribution in [-0.2, 0) is 6.54 Å². The predicted molar refractivity (Wildman–Crippen MR) is 117 cm³/mol. The summed E-state index contributed by atoms with van der Waals surface area (Å²) in [5, 5.41) is 8.58. The van der Waals surface area contributed by atoms with Crippen molar-refractivity contribution in [3.05, 3.63) is 64.9 Å². The zero-order valence-electron chi connectivity index (χ0n) is 16.1. The van der Waals surface area contributed by atoms with E-state index >= 15 is 0 Å². The summed E-state index contributed by atoms with van der Waals surface area (Å²) >= 11 is 6.03. The van der Waals surface area contributed by atoms with E-state index in [9.17, 15) is 4.39 Å². The minimum absolute atomic E-state index is 0.0296. The summed E-state index contributed by atoms with van der Waals surface area (Å²) < 4.78 is 15.4. The molecule has 0 atom stereocenters.